The van der Waals surface area contributed by atoms with Gasteiger partial charge in [0, 0.05) is 12.0 Å². The summed E-state index contributed by atoms with van der Waals surface area (Å²) in [6, 6.07) is 10.4. The fourth-order valence-electron chi connectivity index (χ4n) is 1.46. The van der Waals surface area contributed by atoms with Crippen LogP contribution in [-0.2, 0) is 0 Å². The second kappa shape index (κ2) is 7.66. The summed E-state index contributed by atoms with van der Waals surface area (Å²) >= 11 is 1.80. The molecular weight excluding hydrogens is 381 g/mol. The number of rotatable bonds is 3. The van der Waals surface area contributed by atoms with E-state index in [1.54, 1.807) is 11.8 Å². The zero-order chi connectivity index (χ0) is 11.4. The zero-order valence-corrected chi connectivity index (χ0v) is 14.4. The molecule has 2 rings (SSSR count). The lowest BCUT2D eigenvalue weighted by Gasteiger charge is -2.08. The highest BCUT2D eigenvalue weighted by atomic mass is 127. The Bertz CT molecular complexity index is 429. The molecule has 0 radical (unpaired) electrons. The van der Waals surface area contributed by atoms with Crippen LogP contribution in [-0.4, -0.2) is 13.3 Å². The topological polar surface area (TPSA) is 12.0 Å². The summed E-state index contributed by atoms with van der Waals surface area (Å²) in [4.78, 5) is 1.31. The molecule has 1 aromatic rings. The number of hydrogen-bond acceptors (Lipinski definition) is 4. The first-order chi connectivity index (χ1) is 7.85. The molecular formula is C12H14INS3. The average Bonchev–Trinajstić information content (AvgIpc) is 2.80. The summed E-state index contributed by atoms with van der Waals surface area (Å²) < 4.78 is 1.36. The van der Waals surface area contributed by atoms with Crippen molar-refractivity contribution in [1.82, 2.24) is 5.32 Å². The summed E-state index contributed by atoms with van der Waals surface area (Å²) in [6.45, 7) is 0. The van der Waals surface area contributed by atoms with Crippen LogP contribution >= 0.6 is 57.3 Å². The SMILES string of the molecule is CN/C(=C1/C=C(SC)SS1)c1ccccc1.I. The van der Waals surface area contributed by atoms with Crippen molar-refractivity contribution < 1.29 is 0 Å². The number of hydrogen-bond donors (Lipinski definition) is 1. The van der Waals surface area contributed by atoms with E-state index in [2.05, 4.69) is 41.9 Å². The standard InChI is InChI=1S/C12H13NS3.HI/c1-13-12(9-6-4-3-5-7-9)10-8-11(14-2)16-15-10;/h3-8,13H,1-2H3;1H/b12-10-;. The lowest BCUT2D eigenvalue weighted by Crippen LogP contribution is -2.05. The van der Waals surface area contributed by atoms with Gasteiger partial charge >= 0.3 is 0 Å². The second-order valence-electron chi connectivity index (χ2n) is 3.19. The van der Waals surface area contributed by atoms with Crippen LogP contribution in [0.5, 0.6) is 0 Å². The average molecular weight is 395 g/mol. The number of halogens is 1. The normalized spacial score (nSPS) is 17.2. The van der Waals surface area contributed by atoms with E-state index in [0.29, 0.717) is 0 Å². The Labute approximate surface area is 132 Å². The molecule has 0 bridgehead atoms. The van der Waals surface area contributed by atoms with Crippen molar-refractivity contribution in [3.05, 3.63) is 51.1 Å². The fraction of sp³-hybridized carbons (Fsp3) is 0.167. The first-order valence-corrected chi connectivity index (χ1v) is 8.30. The van der Waals surface area contributed by atoms with Crippen molar-refractivity contribution in [2.45, 2.75) is 0 Å². The largest absolute Gasteiger partial charge is 0.387 e. The van der Waals surface area contributed by atoms with Gasteiger partial charge in [-0.25, -0.2) is 0 Å². The van der Waals surface area contributed by atoms with Gasteiger partial charge in [0.1, 0.15) is 0 Å². The maximum absolute atomic E-state index is 3.30. The molecule has 1 N–H and O–H groups in total. The monoisotopic (exact) mass is 395 g/mol. The number of allylic oxidation sites excluding steroid dienone is 1. The van der Waals surface area contributed by atoms with Crippen LogP contribution in [0.15, 0.2) is 45.6 Å². The fourth-order valence-corrected chi connectivity index (χ4v) is 4.90. The van der Waals surface area contributed by atoms with Crippen LogP contribution in [0.25, 0.3) is 5.70 Å². The van der Waals surface area contributed by atoms with Gasteiger partial charge in [0.25, 0.3) is 0 Å². The van der Waals surface area contributed by atoms with Crippen LogP contribution in [0.4, 0.5) is 0 Å². The Morgan fingerprint density at radius 2 is 1.88 bits per heavy atom. The van der Waals surface area contributed by atoms with E-state index in [-0.39, 0.29) is 24.0 Å². The molecule has 0 spiro atoms. The van der Waals surface area contributed by atoms with Crippen molar-refractivity contribution in [1.29, 1.82) is 0 Å². The Morgan fingerprint density at radius 3 is 2.41 bits per heavy atom. The predicted molar refractivity (Wildman–Crippen MR) is 94.6 cm³/mol. The number of benzene rings is 1. The van der Waals surface area contributed by atoms with E-state index in [1.165, 1.54) is 20.4 Å². The van der Waals surface area contributed by atoms with Crippen LogP contribution in [0, 0.1) is 0 Å². The smallest absolute Gasteiger partial charge is 0.0558 e. The lowest BCUT2D eigenvalue weighted by atomic mass is 10.1. The van der Waals surface area contributed by atoms with Crippen molar-refractivity contribution in [2.24, 2.45) is 0 Å². The van der Waals surface area contributed by atoms with Gasteiger partial charge in [-0.3, -0.25) is 0 Å². The minimum atomic E-state index is 0. The summed E-state index contributed by atoms with van der Waals surface area (Å²) in [5.74, 6) is 0. The van der Waals surface area contributed by atoms with Crippen LogP contribution in [0.2, 0.25) is 0 Å². The Hall–Kier alpha value is 0.280. The third-order valence-corrected chi connectivity index (χ3v) is 6.00. The van der Waals surface area contributed by atoms with Crippen LogP contribution < -0.4 is 5.32 Å². The van der Waals surface area contributed by atoms with E-state index < -0.39 is 0 Å². The highest BCUT2D eigenvalue weighted by molar-refractivity contribution is 14.0. The molecule has 92 valence electrons. The molecule has 0 aliphatic carbocycles. The Kier molecular flexibility index (Phi) is 6.91. The minimum Gasteiger partial charge on any atom is -0.387 e. The van der Waals surface area contributed by atoms with Gasteiger partial charge in [0.05, 0.1) is 9.93 Å². The summed E-state index contributed by atoms with van der Waals surface area (Å²) in [5.41, 5.74) is 2.45. The zero-order valence-electron chi connectivity index (χ0n) is 9.60. The molecule has 1 aromatic carbocycles. The van der Waals surface area contributed by atoms with Gasteiger partial charge in [-0.15, -0.1) is 35.7 Å². The number of nitrogens with one attached hydrogen (secondary N) is 1. The third kappa shape index (κ3) is 3.87. The van der Waals surface area contributed by atoms with Gasteiger partial charge in [-0.1, -0.05) is 30.3 Å². The highest BCUT2D eigenvalue weighted by Gasteiger charge is 2.15. The minimum absolute atomic E-state index is 0. The van der Waals surface area contributed by atoms with Crippen molar-refractivity contribution in [2.75, 3.05) is 13.3 Å². The summed E-state index contributed by atoms with van der Waals surface area (Å²) in [7, 11) is 5.63. The summed E-state index contributed by atoms with van der Waals surface area (Å²) in [5, 5.41) is 3.30. The molecule has 1 aliphatic heterocycles. The van der Waals surface area contributed by atoms with Crippen LogP contribution in [0.3, 0.4) is 0 Å². The molecule has 0 saturated heterocycles. The summed E-state index contributed by atoms with van der Waals surface area (Å²) in [6.07, 6.45) is 4.36. The van der Waals surface area contributed by atoms with Gasteiger partial charge in [-0.05, 0) is 39.5 Å². The number of thioether (sulfide) groups is 1. The van der Waals surface area contributed by atoms with Crippen molar-refractivity contribution in [3.63, 3.8) is 0 Å². The van der Waals surface area contributed by atoms with E-state index in [4.69, 9.17) is 0 Å². The lowest BCUT2D eigenvalue weighted by molar-refractivity contribution is 1.12. The van der Waals surface area contributed by atoms with E-state index in [9.17, 15) is 0 Å². The van der Waals surface area contributed by atoms with E-state index in [1.807, 2.05) is 34.7 Å². The Morgan fingerprint density at radius 1 is 1.18 bits per heavy atom. The molecule has 17 heavy (non-hydrogen) atoms. The molecule has 0 unspecified atom stereocenters. The van der Waals surface area contributed by atoms with E-state index in [0.717, 1.165) is 0 Å². The second-order valence-corrected chi connectivity index (χ2v) is 6.51. The van der Waals surface area contributed by atoms with Gasteiger partial charge in [0.15, 0.2) is 0 Å². The van der Waals surface area contributed by atoms with E-state index >= 15 is 0 Å². The molecule has 1 aliphatic rings. The molecule has 0 atom stereocenters. The van der Waals surface area contributed by atoms with Gasteiger partial charge < -0.3 is 5.32 Å². The Balaban J connectivity index is 0.00000144. The quantitative estimate of drug-likeness (QED) is 0.583. The molecule has 0 aromatic heterocycles. The molecule has 5 heteroatoms. The predicted octanol–water partition coefficient (Wildman–Crippen LogP) is 4.79. The molecule has 0 saturated carbocycles. The first-order valence-electron chi connectivity index (χ1n) is 4.93. The van der Waals surface area contributed by atoms with Crippen molar-refractivity contribution in [3.8, 4) is 0 Å². The maximum Gasteiger partial charge on any atom is 0.0558 e. The first kappa shape index (κ1) is 15.3. The van der Waals surface area contributed by atoms with Gasteiger partial charge in [-0.2, -0.15) is 0 Å². The maximum atomic E-state index is 3.30. The van der Waals surface area contributed by atoms with Crippen molar-refractivity contribution >= 4 is 63.0 Å². The van der Waals surface area contributed by atoms with Crippen LogP contribution in [0.1, 0.15) is 5.56 Å². The molecule has 0 fully saturated rings. The third-order valence-electron chi connectivity index (χ3n) is 2.22. The molecule has 0 amide bonds. The molecule has 1 nitrogen and oxygen atoms in total. The highest BCUT2D eigenvalue weighted by Crippen LogP contribution is 2.50. The molecule has 1 heterocycles. The van der Waals surface area contributed by atoms with Gasteiger partial charge in [0.2, 0.25) is 0 Å².